The first-order valence-electron chi connectivity index (χ1n) is 12.3. The number of rotatable bonds is 7. The number of fused-ring (bicyclic) bond motifs is 1. The fourth-order valence-corrected chi connectivity index (χ4v) is 6.10. The molecule has 3 heterocycles. The number of carbonyl (C=O) groups is 2. The van der Waals surface area contributed by atoms with E-state index in [0.717, 1.165) is 26.3 Å². The Morgan fingerprint density at radius 2 is 1.92 bits per heavy atom. The van der Waals surface area contributed by atoms with E-state index < -0.39 is 17.1 Å². The minimum absolute atomic E-state index is 0.0206. The van der Waals surface area contributed by atoms with Gasteiger partial charge in [0.05, 0.1) is 35.3 Å². The van der Waals surface area contributed by atoms with Crippen LogP contribution in [-0.4, -0.2) is 60.4 Å². The molecule has 0 bridgehead atoms. The molecule has 4 rings (SSSR count). The molecule has 1 aromatic heterocycles. The first-order valence-corrected chi connectivity index (χ1v) is 13.9. The Morgan fingerprint density at radius 1 is 1.22 bits per heavy atom. The lowest BCUT2D eigenvalue weighted by Gasteiger charge is -2.45. The Balaban J connectivity index is 1.69. The number of carbonyl (C=O) groups excluding carboxylic acids is 2. The van der Waals surface area contributed by atoms with Gasteiger partial charge >= 0.3 is 5.97 Å². The summed E-state index contributed by atoms with van der Waals surface area (Å²) >= 11 is 5.17. The molecule has 2 atom stereocenters. The molecule has 2 aliphatic heterocycles. The van der Waals surface area contributed by atoms with Crippen LogP contribution in [0, 0.1) is 6.92 Å². The summed E-state index contributed by atoms with van der Waals surface area (Å²) in [5, 5.41) is 0.882. The number of anilines is 1. The minimum Gasteiger partial charge on any atom is -0.458 e. The van der Waals surface area contributed by atoms with Crippen molar-refractivity contribution < 1.29 is 23.8 Å². The van der Waals surface area contributed by atoms with Crippen molar-refractivity contribution in [3.63, 3.8) is 0 Å². The van der Waals surface area contributed by atoms with Crippen LogP contribution in [0.25, 0.3) is 0 Å². The second kappa shape index (κ2) is 10.4. The smallest absolute Gasteiger partial charge is 0.332 e. The highest BCUT2D eigenvalue weighted by atomic mass is 79.9. The van der Waals surface area contributed by atoms with Crippen molar-refractivity contribution in [3.8, 4) is 0 Å². The Labute approximate surface area is 225 Å². The maximum Gasteiger partial charge on any atom is 0.332 e. The lowest BCUT2D eigenvalue weighted by atomic mass is 9.99. The number of amides is 1. The maximum absolute atomic E-state index is 13.8. The van der Waals surface area contributed by atoms with Gasteiger partial charge in [0.1, 0.15) is 22.2 Å². The van der Waals surface area contributed by atoms with Crippen LogP contribution in [0.3, 0.4) is 0 Å². The zero-order valence-corrected chi connectivity index (χ0v) is 24.2. The van der Waals surface area contributed by atoms with Crippen LogP contribution in [0.1, 0.15) is 68.6 Å². The molecule has 196 valence electrons. The van der Waals surface area contributed by atoms with Crippen molar-refractivity contribution in [2.75, 3.05) is 31.3 Å². The molecule has 9 heteroatoms. The highest BCUT2D eigenvalue weighted by molar-refractivity contribution is 9.11. The summed E-state index contributed by atoms with van der Waals surface area (Å²) in [6.45, 7) is 13.0. The van der Waals surface area contributed by atoms with Crippen LogP contribution < -0.4 is 4.90 Å². The quantitative estimate of drug-likeness (QED) is 0.392. The normalized spacial score (nSPS) is 19.4. The third-order valence-corrected chi connectivity index (χ3v) is 8.73. The first-order chi connectivity index (χ1) is 16.9. The summed E-state index contributed by atoms with van der Waals surface area (Å²) in [4.78, 5) is 30.8. The Bertz CT molecular complexity index is 1110. The molecule has 0 spiro atoms. The molecule has 7 nitrogen and oxygen atoms in total. The highest BCUT2D eigenvalue weighted by Gasteiger charge is 2.46. The number of hydrogen-bond acceptors (Lipinski definition) is 7. The zero-order chi connectivity index (χ0) is 26.3. The molecule has 36 heavy (non-hydrogen) atoms. The van der Waals surface area contributed by atoms with E-state index in [0.29, 0.717) is 25.3 Å². The fourth-order valence-electron chi connectivity index (χ4n) is 4.41. The van der Waals surface area contributed by atoms with Crippen molar-refractivity contribution >= 4 is 44.1 Å². The largest absolute Gasteiger partial charge is 0.458 e. The predicted molar refractivity (Wildman–Crippen MR) is 145 cm³/mol. The molecular weight excluding hydrogens is 544 g/mol. The molecule has 1 amide bonds. The number of thiophene rings is 1. The summed E-state index contributed by atoms with van der Waals surface area (Å²) in [5.74, 6) is -0.601. The van der Waals surface area contributed by atoms with Gasteiger partial charge in [-0.25, -0.2) is 4.79 Å². The molecule has 0 N–H and O–H groups in total. The van der Waals surface area contributed by atoms with Crippen LogP contribution in [0.5, 0.6) is 0 Å². The summed E-state index contributed by atoms with van der Waals surface area (Å²) in [6, 6.07) is 10.1. The second-order valence-corrected chi connectivity index (χ2v) is 13.2. The Hall–Kier alpha value is -1.94. The van der Waals surface area contributed by atoms with E-state index >= 15 is 0 Å². The average Bonchev–Trinajstić information content (AvgIpc) is 3.42. The molecule has 1 fully saturated rings. The zero-order valence-electron chi connectivity index (χ0n) is 21.8. The van der Waals surface area contributed by atoms with Crippen LogP contribution in [0.15, 0.2) is 34.1 Å². The van der Waals surface area contributed by atoms with E-state index in [1.807, 2.05) is 45.9 Å². The number of halogens is 1. The molecule has 0 saturated carbocycles. The van der Waals surface area contributed by atoms with Crippen molar-refractivity contribution in [2.45, 2.75) is 71.3 Å². The van der Waals surface area contributed by atoms with Crippen molar-refractivity contribution in [3.05, 3.63) is 50.8 Å². The lowest BCUT2D eigenvalue weighted by Crippen LogP contribution is -2.60. The third kappa shape index (κ3) is 5.64. The average molecular weight is 580 g/mol. The van der Waals surface area contributed by atoms with Crippen molar-refractivity contribution in [1.29, 1.82) is 0 Å². The Kier molecular flexibility index (Phi) is 7.86. The van der Waals surface area contributed by atoms with Gasteiger partial charge in [0.25, 0.3) is 5.91 Å². The number of nitrogens with zero attached hydrogens (tertiary/aromatic N) is 2. The molecule has 0 radical (unpaired) electrons. The molecule has 0 aliphatic carbocycles. The molecule has 1 saturated heterocycles. The summed E-state index contributed by atoms with van der Waals surface area (Å²) < 4.78 is 18.7. The number of ether oxygens (including phenoxy) is 3. The molecular formula is C27H35BrN2O5S. The number of benzene rings is 1. The third-order valence-electron chi connectivity index (χ3n) is 6.50. The van der Waals surface area contributed by atoms with Crippen molar-refractivity contribution in [1.82, 2.24) is 4.90 Å². The van der Waals surface area contributed by atoms with Gasteiger partial charge in [0.15, 0.2) is 0 Å². The molecule has 0 unspecified atom stereocenters. The van der Waals surface area contributed by atoms with Gasteiger partial charge in [0, 0.05) is 6.61 Å². The molecule has 2 aromatic rings. The van der Waals surface area contributed by atoms with Crippen LogP contribution >= 0.6 is 27.3 Å². The number of hydrogen-bond donors (Lipinski definition) is 0. The van der Waals surface area contributed by atoms with E-state index in [1.54, 1.807) is 18.7 Å². The highest BCUT2D eigenvalue weighted by Crippen LogP contribution is 2.44. The van der Waals surface area contributed by atoms with Crippen LogP contribution in [0.4, 0.5) is 5.00 Å². The van der Waals surface area contributed by atoms with E-state index in [9.17, 15) is 9.59 Å². The topological polar surface area (TPSA) is 68.3 Å². The Morgan fingerprint density at radius 3 is 2.53 bits per heavy atom. The van der Waals surface area contributed by atoms with Crippen LogP contribution in [-0.2, 0) is 19.0 Å². The van der Waals surface area contributed by atoms with Gasteiger partial charge in [-0.05, 0) is 75.0 Å². The fraction of sp³-hybridized carbons (Fsp3) is 0.556. The van der Waals surface area contributed by atoms with Crippen molar-refractivity contribution in [2.24, 2.45) is 0 Å². The van der Waals surface area contributed by atoms with Gasteiger partial charge < -0.3 is 24.0 Å². The first kappa shape index (κ1) is 27.1. The monoisotopic (exact) mass is 578 g/mol. The van der Waals surface area contributed by atoms with E-state index in [1.165, 1.54) is 11.3 Å². The SMILES string of the molecule is Cc1c(Br)sc2c1C(=O)N(C(C)(C)C(=O)OC(C)(C)C)CN2C[C@H](O[C@H]1CCOC1)c1ccccc1. The molecule has 1 aromatic carbocycles. The second-order valence-electron chi connectivity index (χ2n) is 10.9. The lowest BCUT2D eigenvalue weighted by molar-refractivity contribution is -0.166. The summed E-state index contributed by atoms with van der Waals surface area (Å²) in [6.07, 6.45) is 0.646. The predicted octanol–water partition coefficient (Wildman–Crippen LogP) is 5.71. The van der Waals surface area contributed by atoms with Gasteiger partial charge in [-0.1, -0.05) is 30.3 Å². The van der Waals surface area contributed by atoms with Gasteiger partial charge in [0.2, 0.25) is 0 Å². The van der Waals surface area contributed by atoms with Gasteiger partial charge in [-0.3, -0.25) is 4.79 Å². The number of esters is 1. The van der Waals surface area contributed by atoms with E-state index in [4.69, 9.17) is 14.2 Å². The van der Waals surface area contributed by atoms with E-state index in [2.05, 4.69) is 33.0 Å². The molecule has 2 aliphatic rings. The maximum atomic E-state index is 13.8. The van der Waals surface area contributed by atoms with Gasteiger partial charge in [-0.2, -0.15) is 0 Å². The standard InChI is InChI=1S/C27H35BrN2O5S/c1-17-21-23(31)30(27(5,6)25(32)35-26(2,3)4)16-29(24(21)36-22(17)28)14-20(18-10-8-7-9-11-18)34-19-12-13-33-15-19/h7-11,19-20H,12-16H2,1-6H3/t19-,20-/m0/s1. The van der Waals surface area contributed by atoms with Gasteiger partial charge in [-0.15, -0.1) is 11.3 Å². The van der Waals surface area contributed by atoms with Crippen LogP contribution in [0.2, 0.25) is 0 Å². The summed E-state index contributed by atoms with van der Waals surface area (Å²) in [7, 11) is 0. The van der Waals surface area contributed by atoms with E-state index in [-0.39, 0.29) is 24.8 Å². The summed E-state index contributed by atoms with van der Waals surface area (Å²) in [5.41, 5.74) is 0.730. The minimum atomic E-state index is -1.16.